The smallest absolute Gasteiger partial charge is 0.261 e. The Hall–Kier alpha value is -3.69. The van der Waals surface area contributed by atoms with E-state index in [2.05, 4.69) is 10.6 Å². The quantitative estimate of drug-likeness (QED) is 0.419. The third-order valence-corrected chi connectivity index (χ3v) is 6.92. The monoisotopic (exact) mass is 493 g/mol. The maximum atomic E-state index is 12.8. The molecule has 3 atom stereocenters. The number of aliphatic hydroxyl groups excluding tert-OH is 1. The summed E-state index contributed by atoms with van der Waals surface area (Å²) in [5.74, 6) is -1.02. The number of carbonyl (C=O) groups excluding carboxylic acids is 3. The number of aliphatic hydroxyl groups is 2. The first-order valence-electron chi connectivity index (χ1n) is 12.0. The molecule has 2 heterocycles. The Kier molecular flexibility index (Phi) is 7.42. The van der Waals surface area contributed by atoms with E-state index < -0.39 is 17.4 Å². The van der Waals surface area contributed by atoms with E-state index in [0.717, 1.165) is 12.8 Å². The van der Waals surface area contributed by atoms with Crippen LogP contribution >= 0.6 is 0 Å². The molecule has 1 saturated heterocycles. The van der Waals surface area contributed by atoms with E-state index in [1.807, 2.05) is 0 Å². The summed E-state index contributed by atoms with van der Waals surface area (Å²) in [4.78, 5) is 39.7. The van der Waals surface area contributed by atoms with Crippen molar-refractivity contribution in [2.45, 2.75) is 37.8 Å². The number of benzene rings is 2. The zero-order chi connectivity index (χ0) is 25.9. The van der Waals surface area contributed by atoms with Crippen molar-refractivity contribution in [3.8, 4) is 5.75 Å². The number of fused-ring (bicyclic) bond motifs is 1. The molecule has 0 saturated carbocycles. The highest BCUT2D eigenvalue weighted by Gasteiger charge is 2.48. The minimum absolute atomic E-state index is 0.0557. The van der Waals surface area contributed by atoms with Gasteiger partial charge in [-0.25, -0.2) is 0 Å². The number of amides is 3. The van der Waals surface area contributed by atoms with Gasteiger partial charge in [0.05, 0.1) is 19.8 Å². The molecular formula is C27H31N3O6. The molecular weight excluding hydrogens is 462 g/mol. The highest BCUT2D eigenvalue weighted by Crippen LogP contribution is 2.43. The van der Waals surface area contributed by atoms with Gasteiger partial charge in [-0.15, -0.1) is 0 Å². The second kappa shape index (κ2) is 10.5. The molecule has 4 N–H and O–H groups in total. The van der Waals surface area contributed by atoms with E-state index >= 15 is 0 Å². The third-order valence-electron chi connectivity index (χ3n) is 6.92. The minimum atomic E-state index is -1.86. The van der Waals surface area contributed by atoms with E-state index in [9.17, 15) is 24.6 Å². The Bertz CT molecular complexity index is 1180. The maximum Gasteiger partial charge on any atom is 0.261 e. The fourth-order valence-corrected chi connectivity index (χ4v) is 4.77. The Morgan fingerprint density at radius 2 is 2.03 bits per heavy atom. The predicted octanol–water partition coefficient (Wildman–Crippen LogP) is 2.65. The molecule has 2 aliphatic heterocycles. The third kappa shape index (κ3) is 4.84. The van der Waals surface area contributed by atoms with Gasteiger partial charge in [0, 0.05) is 41.4 Å². The molecule has 2 aromatic rings. The van der Waals surface area contributed by atoms with Gasteiger partial charge in [-0.2, -0.15) is 0 Å². The lowest BCUT2D eigenvalue weighted by Crippen LogP contribution is -2.40. The first-order chi connectivity index (χ1) is 17.3. The summed E-state index contributed by atoms with van der Waals surface area (Å²) in [6.07, 6.45) is 5.07. The molecule has 2 aliphatic rings. The van der Waals surface area contributed by atoms with Gasteiger partial charge >= 0.3 is 0 Å². The fourth-order valence-electron chi connectivity index (χ4n) is 4.77. The highest BCUT2D eigenvalue weighted by molar-refractivity contribution is 6.07. The van der Waals surface area contributed by atoms with Gasteiger partial charge in [0.25, 0.3) is 11.8 Å². The van der Waals surface area contributed by atoms with Crippen LogP contribution in [0.25, 0.3) is 0 Å². The predicted molar refractivity (Wildman–Crippen MR) is 135 cm³/mol. The average Bonchev–Trinajstić information content (AvgIpc) is 3.47. The van der Waals surface area contributed by atoms with Gasteiger partial charge in [0.2, 0.25) is 5.91 Å². The van der Waals surface area contributed by atoms with Crippen LogP contribution in [0.3, 0.4) is 0 Å². The van der Waals surface area contributed by atoms with Crippen molar-refractivity contribution in [1.29, 1.82) is 0 Å². The molecule has 0 spiro atoms. The number of nitrogens with one attached hydrogen (secondary N) is 2. The molecule has 190 valence electrons. The second-order valence-corrected chi connectivity index (χ2v) is 9.15. The number of anilines is 2. The molecule has 0 aliphatic carbocycles. The van der Waals surface area contributed by atoms with Gasteiger partial charge in [0.1, 0.15) is 5.75 Å². The number of rotatable bonds is 8. The summed E-state index contributed by atoms with van der Waals surface area (Å²) >= 11 is 0. The first kappa shape index (κ1) is 25.4. The molecule has 9 heteroatoms. The number of carbonyl (C=O) groups is 3. The Balaban J connectivity index is 1.47. The lowest BCUT2D eigenvalue weighted by molar-refractivity contribution is -0.137. The summed E-state index contributed by atoms with van der Waals surface area (Å²) in [6.45, 7) is 2.27. The van der Waals surface area contributed by atoms with Gasteiger partial charge < -0.3 is 30.5 Å². The van der Waals surface area contributed by atoms with Crippen LogP contribution in [-0.2, 0) is 15.2 Å². The fraction of sp³-hybridized carbons (Fsp3) is 0.370. The SMILES string of the molecule is COc1ccc(C(=O)Nc2ccc3c(c2)[C@@](O)([C@H](C)/C=C/CC(=O)N2CCC[C@H]2CO)C(=O)N3)cc1. The standard InChI is InChI=1S/C27H31N3O6/c1-17(5-3-7-24(32)30-14-4-6-20(30)16-31)27(35)22-15-19(10-13-23(22)29-26(27)34)28-25(33)18-8-11-21(36-2)12-9-18/h3,5,8-13,15,17,20,31,35H,4,6-7,14,16H2,1-2H3,(H,28,33)(H,29,34)/b5-3+/t17-,20+,27+/m1/s1. The molecule has 36 heavy (non-hydrogen) atoms. The lowest BCUT2D eigenvalue weighted by atomic mass is 9.82. The molecule has 0 aromatic heterocycles. The van der Waals surface area contributed by atoms with Crippen LogP contribution in [0.2, 0.25) is 0 Å². The maximum absolute atomic E-state index is 12.8. The number of likely N-dealkylation sites (tertiary alicyclic amines) is 1. The van der Waals surface area contributed by atoms with Crippen LogP contribution in [0.4, 0.5) is 11.4 Å². The lowest BCUT2D eigenvalue weighted by Gasteiger charge is -2.26. The Labute approximate surface area is 209 Å². The van der Waals surface area contributed by atoms with Crippen molar-refractivity contribution in [2.75, 3.05) is 30.9 Å². The number of hydrogen-bond acceptors (Lipinski definition) is 6. The van der Waals surface area contributed by atoms with Crippen molar-refractivity contribution < 1.29 is 29.3 Å². The van der Waals surface area contributed by atoms with Gasteiger partial charge in [-0.3, -0.25) is 14.4 Å². The summed E-state index contributed by atoms with van der Waals surface area (Å²) in [6, 6.07) is 11.4. The van der Waals surface area contributed by atoms with Crippen molar-refractivity contribution in [1.82, 2.24) is 4.90 Å². The molecule has 1 fully saturated rings. The highest BCUT2D eigenvalue weighted by atomic mass is 16.5. The Morgan fingerprint density at radius 3 is 2.72 bits per heavy atom. The summed E-state index contributed by atoms with van der Waals surface area (Å²) in [5.41, 5.74) is -0.188. The molecule has 0 radical (unpaired) electrons. The average molecular weight is 494 g/mol. The van der Waals surface area contributed by atoms with Crippen LogP contribution in [0.1, 0.15) is 42.1 Å². The van der Waals surface area contributed by atoms with Crippen molar-refractivity contribution in [3.63, 3.8) is 0 Å². The minimum Gasteiger partial charge on any atom is -0.497 e. The number of nitrogens with zero attached hydrogens (tertiary/aromatic N) is 1. The van der Waals surface area contributed by atoms with Gasteiger partial charge in [0.15, 0.2) is 5.60 Å². The molecule has 3 amide bonds. The molecule has 0 bridgehead atoms. The zero-order valence-corrected chi connectivity index (χ0v) is 20.4. The van der Waals surface area contributed by atoms with Crippen molar-refractivity contribution in [3.05, 3.63) is 65.7 Å². The van der Waals surface area contributed by atoms with Gasteiger partial charge in [-0.05, 0) is 55.3 Å². The van der Waals surface area contributed by atoms with Crippen molar-refractivity contribution >= 4 is 29.1 Å². The summed E-state index contributed by atoms with van der Waals surface area (Å²) < 4.78 is 5.11. The summed E-state index contributed by atoms with van der Waals surface area (Å²) in [7, 11) is 1.55. The zero-order valence-electron chi connectivity index (χ0n) is 20.4. The molecule has 4 rings (SSSR count). The largest absolute Gasteiger partial charge is 0.497 e. The van der Waals surface area contributed by atoms with E-state index in [0.29, 0.717) is 34.8 Å². The van der Waals surface area contributed by atoms with E-state index in [1.54, 1.807) is 73.6 Å². The number of ether oxygens (including phenoxy) is 1. The van der Waals surface area contributed by atoms with Crippen LogP contribution in [0, 0.1) is 5.92 Å². The topological polar surface area (TPSA) is 128 Å². The van der Waals surface area contributed by atoms with E-state index in [-0.39, 0.29) is 30.9 Å². The molecule has 2 aromatic carbocycles. The number of methoxy groups -OCH3 is 1. The van der Waals surface area contributed by atoms with Crippen LogP contribution in [-0.4, -0.2) is 59.1 Å². The molecule has 0 unspecified atom stereocenters. The van der Waals surface area contributed by atoms with Crippen LogP contribution in [0.5, 0.6) is 5.75 Å². The normalized spacial score (nSPS) is 21.8. The van der Waals surface area contributed by atoms with Crippen LogP contribution < -0.4 is 15.4 Å². The molecule has 9 nitrogen and oxygen atoms in total. The van der Waals surface area contributed by atoms with Gasteiger partial charge in [-0.1, -0.05) is 19.1 Å². The van der Waals surface area contributed by atoms with Crippen LogP contribution in [0.15, 0.2) is 54.6 Å². The first-order valence-corrected chi connectivity index (χ1v) is 12.0. The van der Waals surface area contributed by atoms with E-state index in [1.165, 1.54) is 0 Å². The Morgan fingerprint density at radius 1 is 1.28 bits per heavy atom. The van der Waals surface area contributed by atoms with Crippen molar-refractivity contribution in [2.24, 2.45) is 5.92 Å². The second-order valence-electron chi connectivity index (χ2n) is 9.15. The summed E-state index contributed by atoms with van der Waals surface area (Å²) in [5, 5.41) is 26.4. The van der Waals surface area contributed by atoms with E-state index in [4.69, 9.17) is 4.74 Å². The number of hydrogen-bond donors (Lipinski definition) is 4.